The van der Waals surface area contributed by atoms with Crippen LogP contribution in [0.3, 0.4) is 0 Å². The first kappa shape index (κ1) is 19.9. The summed E-state index contributed by atoms with van der Waals surface area (Å²) in [6.07, 6.45) is 1.62. The van der Waals surface area contributed by atoms with Crippen molar-refractivity contribution in [2.75, 3.05) is 5.32 Å². The average Bonchev–Trinajstić information content (AvgIpc) is 3.27. The number of furan rings is 1. The van der Waals surface area contributed by atoms with Gasteiger partial charge in [-0.3, -0.25) is 9.59 Å². The topological polar surface area (TPSA) is 90.0 Å². The number of amides is 1. The van der Waals surface area contributed by atoms with E-state index in [1.165, 1.54) is 18.7 Å². The number of carbonyl (C=O) groups is 2. The molecule has 0 aliphatic rings. The molecule has 2 aromatic heterocycles. The Kier molecular flexibility index (Phi) is 5.99. The van der Waals surface area contributed by atoms with Crippen molar-refractivity contribution in [1.82, 2.24) is 14.8 Å². The van der Waals surface area contributed by atoms with Gasteiger partial charge in [0, 0.05) is 17.8 Å². The molecule has 1 aromatic carbocycles. The van der Waals surface area contributed by atoms with E-state index in [2.05, 4.69) is 15.5 Å². The number of Topliss-reactive ketones (excluding diaryl/α,β-unsaturated/α-hetero) is 1. The largest absolute Gasteiger partial charge is 0.469 e. The SMILES string of the molecule is CCn1c(S[C@H](C)C(=O)Nc2cccc(C(C)=O)c2)nnc1-c1ccoc1C. The summed E-state index contributed by atoms with van der Waals surface area (Å²) in [4.78, 5) is 24.1. The molecule has 1 N–H and O–H groups in total. The fourth-order valence-corrected chi connectivity index (χ4v) is 3.66. The molecule has 2 heterocycles. The Morgan fingerprint density at radius 1 is 1.29 bits per heavy atom. The summed E-state index contributed by atoms with van der Waals surface area (Å²) in [7, 11) is 0. The number of hydrogen-bond donors (Lipinski definition) is 1. The molecule has 0 saturated heterocycles. The molecule has 0 fully saturated rings. The van der Waals surface area contributed by atoms with Crippen LogP contribution in [-0.2, 0) is 11.3 Å². The maximum Gasteiger partial charge on any atom is 0.237 e. The Bertz CT molecular complexity index is 1010. The maximum absolute atomic E-state index is 12.6. The minimum Gasteiger partial charge on any atom is -0.469 e. The molecule has 28 heavy (non-hydrogen) atoms. The van der Waals surface area contributed by atoms with Gasteiger partial charge < -0.3 is 14.3 Å². The molecule has 7 nitrogen and oxygen atoms in total. The van der Waals surface area contributed by atoms with E-state index in [0.29, 0.717) is 23.0 Å². The van der Waals surface area contributed by atoms with Crippen LogP contribution in [0.25, 0.3) is 11.4 Å². The number of nitrogens with one attached hydrogen (secondary N) is 1. The molecule has 0 saturated carbocycles. The molecule has 1 amide bonds. The highest BCUT2D eigenvalue weighted by Crippen LogP contribution is 2.29. The van der Waals surface area contributed by atoms with Crippen LogP contribution in [0.4, 0.5) is 5.69 Å². The second-order valence-corrected chi connectivity index (χ2v) is 7.64. The van der Waals surface area contributed by atoms with E-state index >= 15 is 0 Å². The third-order valence-corrected chi connectivity index (χ3v) is 5.40. The molecular formula is C20H22N4O3S. The number of aryl methyl sites for hydroxylation is 1. The molecule has 3 rings (SSSR count). The van der Waals surface area contributed by atoms with Crippen LogP contribution in [0.1, 0.15) is 36.9 Å². The van der Waals surface area contributed by atoms with Gasteiger partial charge in [0.1, 0.15) is 5.76 Å². The van der Waals surface area contributed by atoms with E-state index in [1.807, 2.05) is 31.4 Å². The maximum atomic E-state index is 12.6. The number of ketones is 1. The molecule has 0 bridgehead atoms. The lowest BCUT2D eigenvalue weighted by atomic mass is 10.1. The Hall–Kier alpha value is -2.87. The lowest BCUT2D eigenvalue weighted by molar-refractivity contribution is -0.115. The minimum absolute atomic E-state index is 0.0448. The number of benzene rings is 1. The van der Waals surface area contributed by atoms with Crippen LogP contribution in [0.5, 0.6) is 0 Å². The first-order chi connectivity index (χ1) is 13.4. The first-order valence-electron chi connectivity index (χ1n) is 8.97. The predicted octanol–water partition coefficient (Wildman–Crippen LogP) is 4.19. The van der Waals surface area contributed by atoms with Crippen molar-refractivity contribution in [1.29, 1.82) is 0 Å². The lowest BCUT2D eigenvalue weighted by Crippen LogP contribution is -2.23. The number of anilines is 1. The smallest absolute Gasteiger partial charge is 0.237 e. The van der Waals surface area contributed by atoms with Gasteiger partial charge in [0.25, 0.3) is 0 Å². The van der Waals surface area contributed by atoms with Crippen LogP contribution >= 0.6 is 11.8 Å². The number of aromatic nitrogens is 3. The molecular weight excluding hydrogens is 376 g/mol. The minimum atomic E-state index is -0.395. The second kappa shape index (κ2) is 8.43. The van der Waals surface area contributed by atoms with Crippen molar-refractivity contribution in [3.63, 3.8) is 0 Å². The summed E-state index contributed by atoms with van der Waals surface area (Å²) in [5, 5.41) is 11.7. The van der Waals surface area contributed by atoms with Gasteiger partial charge in [-0.15, -0.1) is 10.2 Å². The van der Waals surface area contributed by atoms with Crippen molar-refractivity contribution < 1.29 is 14.0 Å². The van der Waals surface area contributed by atoms with Crippen molar-refractivity contribution in [3.05, 3.63) is 47.9 Å². The Balaban J connectivity index is 1.74. The van der Waals surface area contributed by atoms with Crippen LogP contribution in [0.15, 0.2) is 46.2 Å². The van der Waals surface area contributed by atoms with Gasteiger partial charge in [0.05, 0.1) is 17.1 Å². The molecule has 8 heteroatoms. The summed E-state index contributed by atoms with van der Waals surface area (Å²) < 4.78 is 7.32. The van der Waals surface area contributed by atoms with Crippen molar-refractivity contribution in [3.8, 4) is 11.4 Å². The van der Waals surface area contributed by atoms with E-state index in [9.17, 15) is 9.59 Å². The molecule has 0 aliphatic carbocycles. The summed E-state index contributed by atoms with van der Waals surface area (Å²) in [6.45, 7) is 7.86. The Labute approximate surface area is 167 Å². The van der Waals surface area contributed by atoms with Gasteiger partial charge in [-0.2, -0.15) is 0 Å². The number of rotatable bonds is 7. The van der Waals surface area contributed by atoms with Gasteiger partial charge in [-0.1, -0.05) is 23.9 Å². The third-order valence-electron chi connectivity index (χ3n) is 4.32. The van der Waals surface area contributed by atoms with E-state index in [4.69, 9.17) is 4.42 Å². The average molecular weight is 398 g/mol. The zero-order valence-corrected chi connectivity index (χ0v) is 17.0. The molecule has 0 radical (unpaired) electrons. The number of hydrogen-bond acceptors (Lipinski definition) is 6. The normalized spacial score (nSPS) is 12.0. The van der Waals surface area contributed by atoms with Gasteiger partial charge in [0.2, 0.25) is 5.91 Å². The monoisotopic (exact) mass is 398 g/mol. The first-order valence-corrected chi connectivity index (χ1v) is 9.84. The molecule has 146 valence electrons. The fourth-order valence-electron chi connectivity index (χ4n) is 2.75. The summed E-state index contributed by atoms with van der Waals surface area (Å²) in [5.41, 5.74) is 2.04. The number of nitrogens with zero attached hydrogens (tertiary/aromatic N) is 3. The summed E-state index contributed by atoms with van der Waals surface area (Å²) in [5.74, 6) is 1.28. The Morgan fingerprint density at radius 3 is 2.71 bits per heavy atom. The summed E-state index contributed by atoms with van der Waals surface area (Å²) in [6, 6.07) is 8.76. The fraction of sp³-hybridized carbons (Fsp3) is 0.300. The summed E-state index contributed by atoms with van der Waals surface area (Å²) >= 11 is 1.34. The zero-order valence-electron chi connectivity index (χ0n) is 16.2. The molecule has 3 aromatic rings. The number of carbonyl (C=O) groups excluding carboxylic acids is 2. The van der Waals surface area contributed by atoms with E-state index in [1.54, 1.807) is 30.5 Å². The van der Waals surface area contributed by atoms with Crippen molar-refractivity contribution in [2.24, 2.45) is 0 Å². The molecule has 1 atom stereocenters. The molecule has 0 unspecified atom stereocenters. The number of thioether (sulfide) groups is 1. The third kappa shape index (κ3) is 4.17. The standard InChI is InChI=1S/C20H22N4O3S/c1-5-24-18(17-9-10-27-13(17)3)22-23-20(24)28-14(4)19(26)21-16-8-6-7-15(11-16)12(2)25/h6-11,14H,5H2,1-4H3,(H,21,26)/t14-/m1/s1. The zero-order chi connectivity index (χ0) is 20.3. The highest BCUT2D eigenvalue weighted by molar-refractivity contribution is 8.00. The quantitative estimate of drug-likeness (QED) is 0.474. The van der Waals surface area contributed by atoms with Gasteiger partial charge in [-0.05, 0) is 45.9 Å². The second-order valence-electron chi connectivity index (χ2n) is 6.33. The van der Waals surface area contributed by atoms with Gasteiger partial charge >= 0.3 is 0 Å². The Morgan fingerprint density at radius 2 is 2.07 bits per heavy atom. The van der Waals surface area contributed by atoms with Crippen molar-refractivity contribution in [2.45, 2.75) is 44.6 Å². The van der Waals surface area contributed by atoms with E-state index in [0.717, 1.165) is 17.1 Å². The van der Waals surface area contributed by atoms with Crippen LogP contribution < -0.4 is 5.32 Å². The van der Waals surface area contributed by atoms with Gasteiger partial charge in [0.15, 0.2) is 16.8 Å². The van der Waals surface area contributed by atoms with Crippen LogP contribution in [-0.4, -0.2) is 31.7 Å². The van der Waals surface area contributed by atoms with E-state index in [-0.39, 0.29) is 11.7 Å². The van der Waals surface area contributed by atoms with Crippen LogP contribution in [0, 0.1) is 6.92 Å². The van der Waals surface area contributed by atoms with Gasteiger partial charge in [-0.25, -0.2) is 0 Å². The molecule has 0 spiro atoms. The highest BCUT2D eigenvalue weighted by Gasteiger charge is 2.21. The van der Waals surface area contributed by atoms with Crippen LogP contribution in [0.2, 0.25) is 0 Å². The predicted molar refractivity (Wildman–Crippen MR) is 109 cm³/mol. The highest BCUT2D eigenvalue weighted by atomic mass is 32.2. The molecule has 0 aliphatic heterocycles. The van der Waals surface area contributed by atoms with E-state index < -0.39 is 5.25 Å². The lowest BCUT2D eigenvalue weighted by Gasteiger charge is -2.13. The van der Waals surface area contributed by atoms with Crippen molar-refractivity contribution >= 4 is 29.1 Å².